The van der Waals surface area contributed by atoms with Gasteiger partial charge in [0.15, 0.2) is 0 Å². The van der Waals surface area contributed by atoms with Gasteiger partial charge in [-0.05, 0) is 19.3 Å². The number of carbonyl (C=O) groups is 3. The first-order chi connectivity index (χ1) is 12.6. The average Bonchev–Trinajstić information content (AvgIpc) is 2.61. The standard InChI is InChI=1S/C20H38N2O4/c1-2-3-16-21-18(23)14-12-10-8-6-4-5-7-9-11-13-15-19(24)22-17-20(25)26/h2-17H2,1H3,(H,21,23)(H,22,24)(H,25,26). The fourth-order valence-corrected chi connectivity index (χ4v) is 2.74. The summed E-state index contributed by atoms with van der Waals surface area (Å²) in [4.78, 5) is 33.1. The van der Waals surface area contributed by atoms with Gasteiger partial charge in [-0.2, -0.15) is 0 Å². The summed E-state index contributed by atoms with van der Waals surface area (Å²) in [6, 6.07) is 0. The van der Waals surface area contributed by atoms with Gasteiger partial charge in [0.2, 0.25) is 11.8 Å². The van der Waals surface area contributed by atoms with Crippen LogP contribution in [-0.4, -0.2) is 36.0 Å². The maximum Gasteiger partial charge on any atom is 0.322 e. The maximum absolute atomic E-state index is 11.5. The summed E-state index contributed by atoms with van der Waals surface area (Å²) in [6.45, 7) is 2.64. The van der Waals surface area contributed by atoms with E-state index in [9.17, 15) is 14.4 Å². The molecule has 0 radical (unpaired) electrons. The summed E-state index contributed by atoms with van der Waals surface area (Å²) >= 11 is 0. The number of carboxylic acids is 1. The minimum atomic E-state index is -1.01. The zero-order valence-electron chi connectivity index (χ0n) is 16.5. The molecule has 6 heteroatoms. The summed E-state index contributed by atoms with van der Waals surface area (Å²) in [5.41, 5.74) is 0. The van der Waals surface area contributed by atoms with E-state index in [1.165, 1.54) is 32.1 Å². The number of hydrogen-bond acceptors (Lipinski definition) is 3. The maximum atomic E-state index is 11.5. The van der Waals surface area contributed by atoms with Crippen molar-refractivity contribution in [2.75, 3.05) is 13.1 Å². The molecular weight excluding hydrogens is 332 g/mol. The molecule has 0 atom stereocenters. The molecule has 0 saturated carbocycles. The third-order valence-corrected chi connectivity index (χ3v) is 4.35. The first-order valence-corrected chi connectivity index (χ1v) is 10.3. The van der Waals surface area contributed by atoms with Crippen molar-refractivity contribution in [1.82, 2.24) is 10.6 Å². The van der Waals surface area contributed by atoms with Gasteiger partial charge in [0.05, 0.1) is 0 Å². The Morgan fingerprint density at radius 2 is 1.08 bits per heavy atom. The molecule has 0 saturated heterocycles. The molecule has 0 bridgehead atoms. The van der Waals surface area contributed by atoms with Crippen LogP contribution < -0.4 is 10.6 Å². The Balaban J connectivity index is 3.21. The highest BCUT2D eigenvalue weighted by Gasteiger charge is 2.03. The van der Waals surface area contributed by atoms with Gasteiger partial charge in [-0.1, -0.05) is 64.7 Å². The Kier molecular flexibility index (Phi) is 17.1. The number of carbonyl (C=O) groups excluding carboxylic acids is 2. The summed E-state index contributed by atoms with van der Waals surface area (Å²) in [6.07, 6.45) is 14.4. The van der Waals surface area contributed by atoms with Crippen LogP contribution in [0.15, 0.2) is 0 Å². The molecule has 2 amide bonds. The lowest BCUT2D eigenvalue weighted by molar-refractivity contribution is -0.138. The van der Waals surface area contributed by atoms with Crippen LogP contribution in [0.4, 0.5) is 0 Å². The normalized spacial score (nSPS) is 10.5. The lowest BCUT2D eigenvalue weighted by Crippen LogP contribution is -2.28. The van der Waals surface area contributed by atoms with Gasteiger partial charge in [0.1, 0.15) is 6.54 Å². The molecule has 0 unspecified atom stereocenters. The average molecular weight is 371 g/mol. The van der Waals surface area contributed by atoms with Crippen LogP contribution in [0.5, 0.6) is 0 Å². The van der Waals surface area contributed by atoms with Crippen LogP contribution in [-0.2, 0) is 14.4 Å². The fraction of sp³-hybridized carbons (Fsp3) is 0.850. The molecule has 26 heavy (non-hydrogen) atoms. The first kappa shape index (κ1) is 24.4. The SMILES string of the molecule is CCCCNC(=O)CCCCCCCCCCCCC(=O)NCC(=O)O. The molecule has 0 fully saturated rings. The number of unbranched alkanes of at least 4 members (excludes halogenated alkanes) is 10. The number of rotatable bonds is 18. The number of amides is 2. The third kappa shape index (κ3) is 18.7. The van der Waals surface area contributed by atoms with E-state index in [1.807, 2.05) is 0 Å². The van der Waals surface area contributed by atoms with Crippen molar-refractivity contribution in [3.63, 3.8) is 0 Å². The van der Waals surface area contributed by atoms with Crippen molar-refractivity contribution in [2.24, 2.45) is 0 Å². The molecule has 0 aliphatic rings. The van der Waals surface area contributed by atoms with E-state index in [4.69, 9.17) is 5.11 Å². The molecule has 3 N–H and O–H groups in total. The number of nitrogens with one attached hydrogen (secondary N) is 2. The smallest absolute Gasteiger partial charge is 0.322 e. The lowest BCUT2D eigenvalue weighted by Gasteiger charge is -2.05. The van der Waals surface area contributed by atoms with Crippen molar-refractivity contribution < 1.29 is 19.5 Å². The van der Waals surface area contributed by atoms with Crippen LogP contribution in [0.25, 0.3) is 0 Å². The molecule has 0 aromatic rings. The van der Waals surface area contributed by atoms with E-state index in [-0.39, 0.29) is 18.4 Å². The van der Waals surface area contributed by atoms with Crippen LogP contribution in [0.2, 0.25) is 0 Å². The second-order valence-electron chi connectivity index (χ2n) is 6.91. The fourth-order valence-electron chi connectivity index (χ4n) is 2.74. The van der Waals surface area contributed by atoms with E-state index < -0.39 is 5.97 Å². The zero-order valence-corrected chi connectivity index (χ0v) is 16.5. The van der Waals surface area contributed by atoms with Gasteiger partial charge in [0.25, 0.3) is 0 Å². The highest BCUT2D eigenvalue weighted by atomic mass is 16.4. The summed E-state index contributed by atoms with van der Waals surface area (Å²) in [5, 5.41) is 13.8. The van der Waals surface area contributed by atoms with E-state index in [1.54, 1.807) is 0 Å². The summed E-state index contributed by atoms with van der Waals surface area (Å²) in [7, 11) is 0. The second kappa shape index (κ2) is 18.2. The van der Waals surface area contributed by atoms with E-state index in [2.05, 4.69) is 17.6 Å². The van der Waals surface area contributed by atoms with Gasteiger partial charge < -0.3 is 15.7 Å². The molecule has 0 rings (SSSR count). The quantitative estimate of drug-likeness (QED) is 0.320. The molecule has 152 valence electrons. The molecule has 0 aliphatic heterocycles. The zero-order chi connectivity index (χ0) is 19.5. The molecule has 6 nitrogen and oxygen atoms in total. The first-order valence-electron chi connectivity index (χ1n) is 10.3. The molecule has 0 aliphatic carbocycles. The van der Waals surface area contributed by atoms with Gasteiger partial charge >= 0.3 is 5.97 Å². The van der Waals surface area contributed by atoms with Crippen molar-refractivity contribution in [3.8, 4) is 0 Å². The molecule has 0 spiro atoms. The van der Waals surface area contributed by atoms with Gasteiger partial charge in [-0.25, -0.2) is 0 Å². The number of carboxylic acid groups (broad SMARTS) is 1. The van der Waals surface area contributed by atoms with Gasteiger partial charge in [-0.3, -0.25) is 14.4 Å². The van der Waals surface area contributed by atoms with E-state index in [0.29, 0.717) is 12.8 Å². The minimum absolute atomic E-state index is 0.175. The van der Waals surface area contributed by atoms with E-state index in [0.717, 1.165) is 51.5 Å². The van der Waals surface area contributed by atoms with Crippen molar-refractivity contribution in [3.05, 3.63) is 0 Å². The Morgan fingerprint density at radius 1 is 0.654 bits per heavy atom. The topological polar surface area (TPSA) is 95.5 Å². The number of aliphatic carboxylic acids is 1. The Labute approximate surface area is 158 Å². The summed E-state index contributed by atoms with van der Waals surface area (Å²) in [5.74, 6) is -0.991. The van der Waals surface area contributed by atoms with Crippen LogP contribution in [0.1, 0.15) is 96.8 Å². The van der Waals surface area contributed by atoms with Crippen LogP contribution >= 0.6 is 0 Å². The molecule has 0 heterocycles. The summed E-state index contributed by atoms with van der Waals surface area (Å²) < 4.78 is 0. The highest BCUT2D eigenvalue weighted by molar-refractivity contribution is 5.80. The largest absolute Gasteiger partial charge is 0.480 e. The molecular formula is C20H38N2O4. The Hall–Kier alpha value is -1.59. The second-order valence-corrected chi connectivity index (χ2v) is 6.91. The van der Waals surface area contributed by atoms with Gasteiger partial charge in [-0.15, -0.1) is 0 Å². The Bertz CT molecular complexity index is 386. The third-order valence-electron chi connectivity index (χ3n) is 4.35. The van der Waals surface area contributed by atoms with Gasteiger partial charge in [0, 0.05) is 19.4 Å². The highest BCUT2D eigenvalue weighted by Crippen LogP contribution is 2.12. The minimum Gasteiger partial charge on any atom is -0.480 e. The monoisotopic (exact) mass is 370 g/mol. The van der Waals surface area contributed by atoms with Crippen LogP contribution in [0.3, 0.4) is 0 Å². The van der Waals surface area contributed by atoms with Crippen molar-refractivity contribution in [1.29, 1.82) is 0 Å². The predicted octanol–water partition coefficient (Wildman–Crippen LogP) is 3.78. The van der Waals surface area contributed by atoms with Crippen molar-refractivity contribution in [2.45, 2.75) is 96.8 Å². The predicted molar refractivity (Wildman–Crippen MR) is 104 cm³/mol. The van der Waals surface area contributed by atoms with Crippen LogP contribution in [0, 0.1) is 0 Å². The molecule has 0 aromatic carbocycles. The molecule has 0 aromatic heterocycles. The lowest BCUT2D eigenvalue weighted by atomic mass is 10.0. The van der Waals surface area contributed by atoms with Crippen molar-refractivity contribution >= 4 is 17.8 Å². The Morgan fingerprint density at radius 3 is 1.50 bits per heavy atom. The number of hydrogen-bond donors (Lipinski definition) is 3. The van der Waals surface area contributed by atoms with E-state index >= 15 is 0 Å².